The second-order valence-corrected chi connectivity index (χ2v) is 5.96. The maximum Gasteiger partial charge on any atom is 0.261 e. The number of hydrogen-bond acceptors (Lipinski definition) is 3. The zero-order valence-electron chi connectivity index (χ0n) is 14.6. The van der Waals surface area contributed by atoms with E-state index >= 15 is 0 Å². The van der Waals surface area contributed by atoms with Crippen LogP contribution in [-0.4, -0.2) is 21.6 Å². The summed E-state index contributed by atoms with van der Waals surface area (Å²) < 4.78 is 20.5. The van der Waals surface area contributed by atoms with Crippen LogP contribution in [0.4, 0.5) is 4.39 Å². The zero-order valence-corrected chi connectivity index (χ0v) is 14.6. The fraction of sp³-hybridized carbons (Fsp3) is 0.200. The van der Waals surface area contributed by atoms with Crippen LogP contribution in [-0.2, 0) is 11.8 Å². The van der Waals surface area contributed by atoms with Gasteiger partial charge in [0.15, 0.2) is 6.10 Å². The molecule has 0 saturated heterocycles. The molecule has 1 heterocycles. The summed E-state index contributed by atoms with van der Waals surface area (Å²) in [4.78, 5) is 17.0. The lowest BCUT2D eigenvalue weighted by atomic mass is 10.1. The van der Waals surface area contributed by atoms with E-state index in [0.29, 0.717) is 5.75 Å². The first-order chi connectivity index (χ1) is 12.5. The highest BCUT2D eigenvalue weighted by Crippen LogP contribution is 2.21. The predicted molar refractivity (Wildman–Crippen MR) is 96.1 cm³/mol. The van der Waals surface area contributed by atoms with Gasteiger partial charge in [-0.2, -0.15) is 0 Å². The van der Waals surface area contributed by atoms with Crippen LogP contribution in [0.1, 0.15) is 24.4 Å². The molecule has 3 aromatic rings. The summed E-state index contributed by atoms with van der Waals surface area (Å²) in [5.74, 6) is 0.514. The lowest BCUT2D eigenvalue weighted by Gasteiger charge is -2.22. The summed E-state index contributed by atoms with van der Waals surface area (Å²) in [6.45, 7) is 1.65. The molecule has 0 bridgehead atoms. The van der Waals surface area contributed by atoms with Crippen molar-refractivity contribution in [3.63, 3.8) is 0 Å². The molecule has 5 nitrogen and oxygen atoms in total. The second-order valence-electron chi connectivity index (χ2n) is 5.96. The van der Waals surface area contributed by atoms with E-state index in [-0.39, 0.29) is 11.7 Å². The van der Waals surface area contributed by atoms with Crippen LogP contribution >= 0.6 is 0 Å². The van der Waals surface area contributed by atoms with Crippen LogP contribution in [0.2, 0.25) is 0 Å². The summed E-state index contributed by atoms with van der Waals surface area (Å²) in [5.41, 5.74) is 0.920. The maximum atomic E-state index is 13.0. The molecule has 3 rings (SSSR count). The Balaban J connectivity index is 1.77. The number of ether oxygens (including phenoxy) is 1. The zero-order chi connectivity index (χ0) is 18.5. The van der Waals surface area contributed by atoms with Crippen LogP contribution in [0.15, 0.2) is 67.0 Å². The number of amides is 1. The van der Waals surface area contributed by atoms with Gasteiger partial charge in [-0.05, 0) is 36.8 Å². The van der Waals surface area contributed by atoms with Crippen LogP contribution in [0.25, 0.3) is 0 Å². The highest BCUT2D eigenvalue weighted by atomic mass is 19.1. The number of nitrogens with one attached hydrogen (secondary N) is 1. The molecule has 0 radical (unpaired) electrons. The molecule has 134 valence electrons. The fourth-order valence-corrected chi connectivity index (χ4v) is 2.63. The Hall–Kier alpha value is -3.15. The first-order valence-electron chi connectivity index (χ1n) is 8.29. The van der Waals surface area contributed by atoms with Crippen LogP contribution in [0.3, 0.4) is 0 Å². The normalized spacial score (nSPS) is 13.0. The number of hydrogen-bond donors (Lipinski definition) is 1. The van der Waals surface area contributed by atoms with Gasteiger partial charge in [0.1, 0.15) is 23.4 Å². The van der Waals surface area contributed by atoms with E-state index < -0.39 is 12.1 Å². The van der Waals surface area contributed by atoms with Gasteiger partial charge in [0.25, 0.3) is 5.91 Å². The number of nitrogens with zero attached hydrogens (tertiary/aromatic N) is 2. The first kappa shape index (κ1) is 17.7. The molecule has 0 fully saturated rings. The standard InChI is InChI=1S/C20H20FN3O2/c1-14(26-17-10-8-16(21)9-11-17)20(25)23-18(15-6-4-3-5-7-15)19-22-12-13-24(19)2/h3-14,18H,1-2H3,(H,23,25)/t14-,18+/m0/s1. The van der Waals surface area contributed by atoms with Crippen molar-refractivity contribution in [2.45, 2.75) is 19.1 Å². The van der Waals surface area contributed by atoms with E-state index in [1.54, 1.807) is 13.1 Å². The average molecular weight is 353 g/mol. The van der Waals surface area contributed by atoms with E-state index in [4.69, 9.17) is 4.74 Å². The minimum Gasteiger partial charge on any atom is -0.481 e. The first-order valence-corrected chi connectivity index (χ1v) is 8.29. The predicted octanol–water partition coefficient (Wildman–Crippen LogP) is 3.23. The van der Waals surface area contributed by atoms with Crippen molar-refractivity contribution in [1.82, 2.24) is 14.9 Å². The summed E-state index contributed by atoms with van der Waals surface area (Å²) in [6.07, 6.45) is 2.78. The third-order valence-electron chi connectivity index (χ3n) is 4.03. The van der Waals surface area contributed by atoms with Crippen molar-refractivity contribution in [2.24, 2.45) is 7.05 Å². The summed E-state index contributed by atoms with van der Waals surface area (Å²) >= 11 is 0. The molecule has 0 aliphatic rings. The molecule has 1 amide bonds. The van der Waals surface area contributed by atoms with Gasteiger partial charge >= 0.3 is 0 Å². The second kappa shape index (κ2) is 7.82. The van der Waals surface area contributed by atoms with Crippen molar-refractivity contribution >= 4 is 5.91 Å². The number of carbonyl (C=O) groups excluding carboxylic acids is 1. The van der Waals surface area contributed by atoms with E-state index in [0.717, 1.165) is 11.4 Å². The minimum atomic E-state index is -0.744. The third-order valence-corrected chi connectivity index (χ3v) is 4.03. The quantitative estimate of drug-likeness (QED) is 0.740. The van der Waals surface area contributed by atoms with E-state index in [1.807, 2.05) is 48.1 Å². The lowest BCUT2D eigenvalue weighted by molar-refractivity contribution is -0.127. The van der Waals surface area contributed by atoms with Crippen LogP contribution in [0.5, 0.6) is 5.75 Å². The number of halogens is 1. The Kier molecular flexibility index (Phi) is 5.31. The Labute approximate surface area is 151 Å². The third kappa shape index (κ3) is 4.08. The summed E-state index contributed by atoms with van der Waals surface area (Å²) in [6, 6.07) is 14.8. The van der Waals surface area contributed by atoms with Gasteiger partial charge < -0.3 is 14.6 Å². The maximum absolute atomic E-state index is 13.0. The number of aromatic nitrogens is 2. The van der Waals surface area contributed by atoms with Crippen molar-refractivity contribution in [3.05, 3.63) is 84.2 Å². The Morgan fingerprint density at radius 1 is 1.15 bits per heavy atom. The van der Waals surface area contributed by atoms with E-state index in [1.165, 1.54) is 24.3 Å². The van der Waals surface area contributed by atoms with Crippen molar-refractivity contribution in [2.75, 3.05) is 0 Å². The fourth-order valence-electron chi connectivity index (χ4n) is 2.63. The molecule has 0 aliphatic heterocycles. The summed E-state index contributed by atoms with van der Waals surface area (Å²) in [7, 11) is 1.88. The van der Waals surface area contributed by atoms with Gasteiger partial charge in [-0.3, -0.25) is 4.79 Å². The SMILES string of the molecule is C[C@H](Oc1ccc(F)cc1)C(=O)N[C@H](c1ccccc1)c1nccn1C. The lowest BCUT2D eigenvalue weighted by Crippen LogP contribution is -2.39. The molecule has 0 aliphatic carbocycles. The number of carbonyl (C=O) groups is 1. The van der Waals surface area contributed by atoms with E-state index in [2.05, 4.69) is 10.3 Å². The molecule has 1 N–H and O–H groups in total. The largest absolute Gasteiger partial charge is 0.481 e. The number of benzene rings is 2. The van der Waals surface area contributed by atoms with Crippen molar-refractivity contribution in [3.8, 4) is 5.75 Å². The van der Waals surface area contributed by atoms with E-state index in [9.17, 15) is 9.18 Å². The highest BCUT2D eigenvalue weighted by Gasteiger charge is 2.24. The number of imidazole rings is 1. The molecular formula is C20H20FN3O2. The van der Waals surface area contributed by atoms with Gasteiger partial charge in [0, 0.05) is 19.4 Å². The van der Waals surface area contributed by atoms with Gasteiger partial charge in [0.05, 0.1) is 0 Å². The molecule has 2 atom stereocenters. The Morgan fingerprint density at radius 2 is 1.85 bits per heavy atom. The monoisotopic (exact) mass is 353 g/mol. The molecule has 2 aromatic carbocycles. The number of aryl methyl sites for hydroxylation is 1. The number of rotatable bonds is 6. The Bertz CT molecular complexity index is 862. The molecule has 6 heteroatoms. The van der Waals surface area contributed by atoms with Gasteiger partial charge in [0.2, 0.25) is 0 Å². The summed E-state index contributed by atoms with van der Waals surface area (Å²) in [5, 5.41) is 2.99. The van der Waals surface area contributed by atoms with Gasteiger partial charge in [-0.25, -0.2) is 9.37 Å². The van der Waals surface area contributed by atoms with Crippen molar-refractivity contribution < 1.29 is 13.9 Å². The molecule has 0 unspecified atom stereocenters. The molecule has 1 aromatic heterocycles. The molecular weight excluding hydrogens is 333 g/mol. The smallest absolute Gasteiger partial charge is 0.261 e. The Morgan fingerprint density at radius 3 is 2.46 bits per heavy atom. The van der Waals surface area contributed by atoms with Crippen molar-refractivity contribution in [1.29, 1.82) is 0 Å². The molecule has 0 saturated carbocycles. The van der Waals surface area contributed by atoms with Crippen LogP contribution in [0, 0.1) is 5.82 Å². The minimum absolute atomic E-state index is 0.286. The average Bonchev–Trinajstić information content (AvgIpc) is 3.07. The molecule has 26 heavy (non-hydrogen) atoms. The van der Waals surface area contributed by atoms with Crippen LogP contribution < -0.4 is 10.1 Å². The topological polar surface area (TPSA) is 56.1 Å². The van der Waals surface area contributed by atoms with Gasteiger partial charge in [-0.1, -0.05) is 30.3 Å². The highest BCUT2D eigenvalue weighted by molar-refractivity contribution is 5.81. The van der Waals surface area contributed by atoms with Gasteiger partial charge in [-0.15, -0.1) is 0 Å². The molecule has 0 spiro atoms.